The van der Waals surface area contributed by atoms with Gasteiger partial charge in [0.1, 0.15) is 0 Å². The molecule has 1 saturated heterocycles. The Morgan fingerprint density at radius 3 is 2.92 bits per heavy atom. The molecule has 1 aliphatic rings. The van der Waals surface area contributed by atoms with Crippen molar-refractivity contribution in [3.05, 3.63) is 42.3 Å². The van der Waals surface area contributed by atoms with E-state index in [-0.39, 0.29) is 6.10 Å². The van der Waals surface area contributed by atoms with Crippen LogP contribution in [0.2, 0.25) is 0 Å². The van der Waals surface area contributed by atoms with Gasteiger partial charge in [0.2, 0.25) is 5.95 Å². The van der Waals surface area contributed by atoms with Crippen molar-refractivity contribution in [2.45, 2.75) is 18.9 Å². The summed E-state index contributed by atoms with van der Waals surface area (Å²) in [5.41, 5.74) is 2.48. The Labute approximate surface area is 143 Å². The number of thiophene rings is 1. The number of aliphatic hydroxyl groups excluding tert-OH is 1. The Morgan fingerprint density at radius 2 is 2.17 bits per heavy atom. The second-order valence-corrected chi connectivity index (χ2v) is 6.69. The zero-order valence-corrected chi connectivity index (χ0v) is 13.9. The van der Waals surface area contributed by atoms with Gasteiger partial charge in [-0.05, 0) is 24.3 Å². The van der Waals surface area contributed by atoms with Gasteiger partial charge in [-0.3, -0.25) is 9.97 Å². The topological polar surface area (TPSA) is 75.0 Å². The summed E-state index contributed by atoms with van der Waals surface area (Å²) in [5.74, 6) is 0.657. The van der Waals surface area contributed by atoms with Crippen LogP contribution in [-0.2, 0) is 0 Å². The molecule has 0 aliphatic carbocycles. The molecule has 3 aromatic rings. The van der Waals surface area contributed by atoms with Crippen LogP contribution < -0.4 is 4.90 Å². The van der Waals surface area contributed by atoms with Gasteiger partial charge in [0, 0.05) is 37.2 Å². The Bertz CT molecular complexity index is 809. The van der Waals surface area contributed by atoms with Crippen molar-refractivity contribution in [3.8, 4) is 21.8 Å². The quantitative estimate of drug-likeness (QED) is 0.791. The van der Waals surface area contributed by atoms with Crippen LogP contribution in [-0.4, -0.2) is 44.2 Å². The highest BCUT2D eigenvalue weighted by Gasteiger charge is 2.22. The van der Waals surface area contributed by atoms with Crippen LogP contribution in [0.1, 0.15) is 12.8 Å². The number of hydrogen-bond acceptors (Lipinski definition) is 7. The maximum Gasteiger partial charge on any atom is 0.226 e. The molecule has 0 saturated carbocycles. The third-order valence-electron chi connectivity index (χ3n) is 4.05. The molecule has 4 rings (SSSR count). The molecule has 1 N–H and O–H groups in total. The van der Waals surface area contributed by atoms with Gasteiger partial charge in [0.15, 0.2) is 0 Å². The first-order valence-electron chi connectivity index (χ1n) is 7.91. The molecule has 122 valence electrons. The molecule has 1 aliphatic heterocycles. The Kier molecular flexibility index (Phi) is 4.18. The lowest BCUT2D eigenvalue weighted by Crippen LogP contribution is -2.39. The molecule has 1 atom stereocenters. The predicted molar refractivity (Wildman–Crippen MR) is 93.8 cm³/mol. The SMILES string of the molecule is OC1CCCN(c2ncc(-c3cnccn3)c(-c3cccs3)n2)C1. The number of hydrogen-bond donors (Lipinski definition) is 1. The van der Waals surface area contributed by atoms with Crippen molar-refractivity contribution < 1.29 is 5.11 Å². The number of aliphatic hydroxyl groups is 1. The zero-order chi connectivity index (χ0) is 16.4. The molecule has 4 heterocycles. The summed E-state index contributed by atoms with van der Waals surface area (Å²) < 4.78 is 0. The van der Waals surface area contributed by atoms with Crippen LogP contribution in [0.25, 0.3) is 21.8 Å². The van der Waals surface area contributed by atoms with Gasteiger partial charge >= 0.3 is 0 Å². The van der Waals surface area contributed by atoms with Gasteiger partial charge < -0.3 is 10.0 Å². The highest BCUT2D eigenvalue weighted by Crippen LogP contribution is 2.33. The molecule has 0 aromatic carbocycles. The molecule has 0 spiro atoms. The number of rotatable bonds is 3. The largest absolute Gasteiger partial charge is 0.391 e. The fourth-order valence-electron chi connectivity index (χ4n) is 2.89. The van der Waals surface area contributed by atoms with E-state index >= 15 is 0 Å². The van der Waals surface area contributed by atoms with Crippen LogP contribution >= 0.6 is 11.3 Å². The van der Waals surface area contributed by atoms with Crippen molar-refractivity contribution in [1.82, 2.24) is 19.9 Å². The van der Waals surface area contributed by atoms with Crippen LogP contribution in [0.3, 0.4) is 0 Å². The first-order valence-corrected chi connectivity index (χ1v) is 8.79. The summed E-state index contributed by atoms with van der Waals surface area (Å²) in [4.78, 5) is 21.0. The minimum absolute atomic E-state index is 0.313. The van der Waals surface area contributed by atoms with E-state index in [0.717, 1.165) is 41.2 Å². The van der Waals surface area contributed by atoms with Gasteiger partial charge in [0.05, 0.1) is 28.6 Å². The van der Waals surface area contributed by atoms with E-state index < -0.39 is 0 Å². The summed E-state index contributed by atoms with van der Waals surface area (Å²) >= 11 is 1.63. The van der Waals surface area contributed by atoms with Crippen molar-refractivity contribution in [2.24, 2.45) is 0 Å². The zero-order valence-electron chi connectivity index (χ0n) is 13.0. The molecule has 1 fully saturated rings. The van der Waals surface area contributed by atoms with Gasteiger partial charge in [-0.15, -0.1) is 11.3 Å². The lowest BCUT2D eigenvalue weighted by Gasteiger charge is -2.30. The van der Waals surface area contributed by atoms with E-state index in [1.54, 1.807) is 29.9 Å². The van der Waals surface area contributed by atoms with Crippen molar-refractivity contribution in [2.75, 3.05) is 18.0 Å². The number of aromatic nitrogens is 4. The second kappa shape index (κ2) is 6.62. The summed E-state index contributed by atoms with van der Waals surface area (Å²) in [6, 6.07) is 4.05. The number of anilines is 1. The molecular weight excluding hydrogens is 322 g/mol. The minimum atomic E-state index is -0.313. The number of nitrogens with zero attached hydrogens (tertiary/aromatic N) is 5. The van der Waals surface area contributed by atoms with E-state index in [9.17, 15) is 5.11 Å². The fourth-order valence-corrected chi connectivity index (χ4v) is 3.62. The first-order chi connectivity index (χ1) is 11.8. The highest BCUT2D eigenvalue weighted by atomic mass is 32.1. The molecule has 0 bridgehead atoms. The Morgan fingerprint density at radius 1 is 1.21 bits per heavy atom. The monoisotopic (exact) mass is 339 g/mol. The van der Waals surface area contributed by atoms with Gasteiger partial charge in [-0.2, -0.15) is 0 Å². The highest BCUT2D eigenvalue weighted by molar-refractivity contribution is 7.13. The maximum absolute atomic E-state index is 9.91. The Balaban J connectivity index is 1.78. The molecular formula is C17H17N5OS. The van der Waals surface area contributed by atoms with E-state index in [0.29, 0.717) is 12.5 Å². The average Bonchev–Trinajstić information content (AvgIpc) is 3.16. The van der Waals surface area contributed by atoms with E-state index in [2.05, 4.69) is 15.0 Å². The second-order valence-electron chi connectivity index (χ2n) is 5.74. The summed E-state index contributed by atoms with van der Waals surface area (Å²) in [5, 5.41) is 11.9. The fraction of sp³-hybridized carbons (Fsp3) is 0.294. The normalized spacial score (nSPS) is 17.9. The smallest absolute Gasteiger partial charge is 0.226 e. The van der Waals surface area contributed by atoms with Crippen LogP contribution in [0.4, 0.5) is 5.95 Å². The number of β-amino-alcohol motifs (C(OH)–C–C–N with tert-alkyl or cyclic N) is 1. The van der Waals surface area contributed by atoms with E-state index in [1.165, 1.54) is 0 Å². The third-order valence-corrected chi connectivity index (χ3v) is 4.93. The van der Waals surface area contributed by atoms with Crippen molar-refractivity contribution in [3.63, 3.8) is 0 Å². The summed E-state index contributed by atoms with van der Waals surface area (Å²) in [6.45, 7) is 1.44. The van der Waals surface area contributed by atoms with Crippen molar-refractivity contribution in [1.29, 1.82) is 0 Å². The Hall–Kier alpha value is -2.38. The molecule has 6 nitrogen and oxygen atoms in total. The maximum atomic E-state index is 9.91. The summed E-state index contributed by atoms with van der Waals surface area (Å²) in [7, 11) is 0. The van der Waals surface area contributed by atoms with Gasteiger partial charge in [0.25, 0.3) is 0 Å². The molecule has 1 unspecified atom stereocenters. The lowest BCUT2D eigenvalue weighted by atomic mass is 10.1. The van der Waals surface area contributed by atoms with Crippen LogP contribution in [0.15, 0.2) is 42.3 Å². The first kappa shape index (κ1) is 15.2. The van der Waals surface area contributed by atoms with Crippen LogP contribution in [0.5, 0.6) is 0 Å². The predicted octanol–water partition coefficient (Wildman–Crippen LogP) is 2.62. The number of piperidine rings is 1. The minimum Gasteiger partial charge on any atom is -0.391 e. The summed E-state index contributed by atoms with van der Waals surface area (Å²) in [6.07, 6.45) is 8.33. The van der Waals surface area contributed by atoms with E-state index in [4.69, 9.17) is 4.98 Å². The van der Waals surface area contributed by atoms with E-state index in [1.807, 2.05) is 28.6 Å². The van der Waals surface area contributed by atoms with Crippen molar-refractivity contribution >= 4 is 17.3 Å². The lowest BCUT2D eigenvalue weighted by molar-refractivity contribution is 0.153. The molecule has 24 heavy (non-hydrogen) atoms. The van der Waals surface area contributed by atoms with Gasteiger partial charge in [-0.1, -0.05) is 6.07 Å². The van der Waals surface area contributed by atoms with Gasteiger partial charge in [-0.25, -0.2) is 9.97 Å². The third kappa shape index (κ3) is 3.00. The van der Waals surface area contributed by atoms with Crippen LogP contribution in [0, 0.1) is 0 Å². The standard InChI is InChI=1S/C17H17N5OS/c23-12-3-1-7-22(11-12)17-20-9-13(14-10-18-5-6-19-14)16(21-17)15-4-2-8-24-15/h2,4-6,8-10,12,23H,1,3,7,11H2. The average molecular weight is 339 g/mol. The molecule has 3 aromatic heterocycles. The molecule has 7 heteroatoms. The molecule has 0 amide bonds. The molecule has 0 radical (unpaired) electrons.